The van der Waals surface area contributed by atoms with E-state index in [4.69, 9.17) is 11.6 Å². The van der Waals surface area contributed by atoms with Gasteiger partial charge in [-0.2, -0.15) is 4.31 Å². The summed E-state index contributed by atoms with van der Waals surface area (Å²) in [4.78, 5) is 24.4. The topological polar surface area (TPSA) is 84.0 Å². The second kappa shape index (κ2) is 5.77. The molecule has 0 unspecified atom stereocenters. The average molecular weight is 359 g/mol. The zero-order valence-corrected chi connectivity index (χ0v) is 13.9. The van der Waals surface area contributed by atoms with Crippen LogP contribution in [0.4, 0.5) is 4.79 Å². The number of ether oxygens (including phenoxy) is 1. The smallest absolute Gasteiger partial charge is 0.417 e. The van der Waals surface area contributed by atoms with E-state index in [0.29, 0.717) is 11.4 Å². The summed E-state index contributed by atoms with van der Waals surface area (Å²) in [6.45, 7) is 1.80. The normalized spacial score (nSPS) is 22.7. The second-order valence-corrected chi connectivity index (χ2v) is 7.88. The van der Waals surface area contributed by atoms with Crippen LogP contribution in [-0.4, -0.2) is 55.4 Å². The molecule has 0 saturated carbocycles. The number of carbonyl (C=O) groups is 2. The van der Waals surface area contributed by atoms with E-state index in [2.05, 4.69) is 4.74 Å². The Morgan fingerprint density at radius 2 is 2.04 bits per heavy atom. The molecular weight excluding hydrogens is 344 g/mol. The van der Waals surface area contributed by atoms with Crippen molar-refractivity contribution >= 4 is 33.6 Å². The lowest BCUT2D eigenvalue weighted by Crippen LogP contribution is -2.42. The standard InChI is InChI=1S/C14H15ClN2O5S/c1-9-2-3-11(6-12(9)15)23(20,21)16-5-4-10(7-16)17-13(18)8-22-14(17)19/h2-3,6,10H,4-5,7-8H2,1H3/t10-/m1/s1. The van der Waals surface area contributed by atoms with Crippen LogP contribution in [0.5, 0.6) is 0 Å². The molecule has 2 amide bonds. The fraction of sp³-hybridized carbons (Fsp3) is 0.429. The number of hydrogen-bond acceptors (Lipinski definition) is 5. The van der Waals surface area contributed by atoms with Crippen molar-refractivity contribution in [3.63, 3.8) is 0 Å². The van der Waals surface area contributed by atoms with Crippen LogP contribution >= 0.6 is 11.6 Å². The zero-order chi connectivity index (χ0) is 16.8. The Morgan fingerprint density at radius 3 is 2.65 bits per heavy atom. The highest BCUT2D eigenvalue weighted by Crippen LogP contribution is 2.27. The summed E-state index contributed by atoms with van der Waals surface area (Å²) in [6.07, 6.45) is -0.322. The molecule has 7 nitrogen and oxygen atoms in total. The molecule has 1 aromatic carbocycles. The van der Waals surface area contributed by atoms with Crippen molar-refractivity contribution < 1.29 is 22.7 Å². The molecule has 2 heterocycles. The van der Waals surface area contributed by atoms with E-state index in [0.717, 1.165) is 10.5 Å². The third-order valence-corrected chi connectivity index (χ3v) is 6.33. The third-order valence-electron chi connectivity index (χ3n) is 4.06. The maximum Gasteiger partial charge on any atom is 0.417 e. The summed E-state index contributed by atoms with van der Waals surface area (Å²) in [5.41, 5.74) is 0.787. The van der Waals surface area contributed by atoms with Gasteiger partial charge in [0.15, 0.2) is 6.61 Å². The van der Waals surface area contributed by atoms with Crippen molar-refractivity contribution in [2.24, 2.45) is 0 Å². The van der Waals surface area contributed by atoms with Gasteiger partial charge in [0.2, 0.25) is 10.0 Å². The van der Waals surface area contributed by atoms with Gasteiger partial charge in [-0.1, -0.05) is 17.7 Å². The fourth-order valence-electron chi connectivity index (χ4n) is 2.74. The predicted octanol–water partition coefficient (Wildman–Crippen LogP) is 1.39. The Bertz CT molecular complexity index is 763. The van der Waals surface area contributed by atoms with E-state index in [1.54, 1.807) is 13.0 Å². The van der Waals surface area contributed by atoms with Crippen LogP contribution < -0.4 is 0 Å². The van der Waals surface area contributed by atoms with Gasteiger partial charge in [0.05, 0.1) is 10.9 Å². The molecule has 1 aromatic rings. The minimum Gasteiger partial charge on any atom is -0.439 e. The minimum absolute atomic E-state index is 0.0642. The predicted molar refractivity (Wildman–Crippen MR) is 81.5 cm³/mol. The number of cyclic esters (lactones) is 1. The first-order valence-corrected chi connectivity index (χ1v) is 8.87. The fourth-order valence-corrected chi connectivity index (χ4v) is 4.50. The Labute approximate surface area is 138 Å². The maximum atomic E-state index is 12.7. The lowest BCUT2D eigenvalue weighted by molar-refractivity contribution is -0.127. The molecule has 1 atom stereocenters. The lowest BCUT2D eigenvalue weighted by Gasteiger charge is -2.20. The number of hydrogen-bond donors (Lipinski definition) is 0. The number of nitrogens with zero attached hydrogens (tertiary/aromatic N) is 2. The molecular formula is C14H15ClN2O5S. The lowest BCUT2D eigenvalue weighted by atomic mass is 10.2. The molecule has 2 saturated heterocycles. The molecule has 0 spiro atoms. The highest BCUT2D eigenvalue weighted by Gasteiger charge is 2.43. The van der Waals surface area contributed by atoms with Crippen molar-refractivity contribution in [1.29, 1.82) is 0 Å². The second-order valence-electron chi connectivity index (χ2n) is 5.53. The van der Waals surface area contributed by atoms with Crippen LogP contribution in [0.15, 0.2) is 23.1 Å². The van der Waals surface area contributed by atoms with Gasteiger partial charge in [-0.3, -0.25) is 4.79 Å². The van der Waals surface area contributed by atoms with Crippen LogP contribution in [-0.2, 0) is 19.6 Å². The van der Waals surface area contributed by atoms with E-state index in [1.165, 1.54) is 16.4 Å². The monoisotopic (exact) mass is 358 g/mol. The van der Waals surface area contributed by atoms with Crippen molar-refractivity contribution in [2.45, 2.75) is 24.3 Å². The SMILES string of the molecule is Cc1ccc(S(=O)(=O)N2CC[C@@H](N3C(=O)COC3=O)C2)cc1Cl. The molecule has 23 heavy (non-hydrogen) atoms. The number of carbonyl (C=O) groups excluding carboxylic acids is 2. The van der Waals surface area contributed by atoms with Crippen LogP contribution in [0.2, 0.25) is 5.02 Å². The van der Waals surface area contributed by atoms with E-state index < -0.39 is 28.1 Å². The number of rotatable bonds is 3. The maximum absolute atomic E-state index is 12.7. The summed E-state index contributed by atoms with van der Waals surface area (Å²) in [5.74, 6) is -0.433. The summed E-state index contributed by atoms with van der Waals surface area (Å²) in [7, 11) is -3.72. The zero-order valence-electron chi connectivity index (χ0n) is 12.4. The van der Waals surface area contributed by atoms with Gasteiger partial charge in [0, 0.05) is 18.1 Å². The summed E-state index contributed by atoms with van der Waals surface area (Å²) in [5, 5.41) is 0.375. The van der Waals surface area contributed by atoms with Gasteiger partial charge >= 0.3 is 6.09 Å². The first-order valence-electron chi connectivity index (χ1n) is 7.06. The molecule has 2 aliphatic rings. The van der Waals surface area contributed by atoms with Gasteiger partial charge < -0.3 is 4.74 Å². The summed E-state index contributed by atoms with van der Waals surface area (Å²) >= 11 is 6.00. The number of halogens is 1. The molecule has 0 N–H and O–H groups in total. The van der Waals surface area contributed by atoms with E-state index >= 15 is 0 Å². The van der Waals surface area contributed by atoms with Crippen molar-refractivity contribution in [3.05, 3.63) is 28.8 Å². The molecule has 0 aliphatic carbocycles. The molecule has 2 fully saturated rings. The highest BCUT2D eigenvalue weighted by molar-refractivity contribution is 7.89. The van der Waals surface area contributed by atoms with Gasteiger partial charge in [-0.25, -0.2) is 18.1 Å². The molecule has 2 aliphatic heterocycles. The highest BCUT2D eigenvalue weighted by atomic mass is 35.5. The van der Waals surface area contributed by atoms with Crippen LogP contribution in [0, 0.1) is 6.92 Å². The molecule has 9 heteroatoms. The Morgan fingerprint density at radius 1 is 1.30 bits per heavy atom. The van der Waals surface area contributed by atoms with E-state index in [9.17, 15) is 18.0 Å². The van der Waals surface area contributed by atoms with Crippen molar-refractivity contribution in [3.8, 4) is 0 Å². The molecule has 124 valence electrons. The third kappa shape index (κ3) is 2.82. The van der Waals surface area contributed by atoms with Crippen molar-refractivity contribution in [2.75, 3.05) is 19.7 Å². The van der Waals surface area contributed by atoms with Crippen LogP contribution in [0.1, 0.15) is 12.0 Å². The summed E-state index contributed by atoms with van der Waals surface area (Å²) in [6, 6.07) is 4.06. The van der Waals surface area contributed by atoms with Gasteiger partial charge in [-0.15, -0.1) is 0 Å². The van der Waals surface area contributed by atoms with Gasteiger partial charge in [-0.05, 0) is 31.0 Å². The van der Waals surface area contributed by atoms with E-state index in [-0.39, 0.29) is 24.6 Å². The summed E-state index contributed by atoms with van der Waals surface area (Å²) < 4.78 is 31.3. The Balaban J connectivity index is 1.81. The van der Waals surface area contributed by atoms with E-state index in [1.807, 2.05) is 0 Å². The number of benzene rings is 1. The Kier molecular flexibility index (Phi) is 4.07. The number of amides is 2. The first kappa shape index (κ1) is 16.2. The van der Waals surface area contributed by atoms with Gasteiger partial charge in [0.25, 0.3) is 5.91 Å². The first-order chi connectivity index (χ1) is 10.8. The molecule has 0 aromatic heterocycles. The van der Waals surface area contributed by atoms with Crippen LogP contribution in [0.3, 0.4) is 0 Å². The number of sulfonamides is 1. The minimum atomic E-state index is -3.72. The largest absolute Gasteiger partial charge is 0.439 e. The van der Waals surface area contributed by atoms with Crippen molar-refractivity contribution in [1.82, 2.24) is 9.21 Å². The number of imide groups is 1. The quantitative estimate of drug-likeness (QED) is 0.815. The molecule has 0 radical (unpaired) electrons. The molecule has 3 rings (SSSR count). The van der Waals surface area contributed by atoms with Crippen LogP contribution in [0.25, 0.3) is 0 Å². The molecule has 0 bridgehead atoms. The Hall–Kier alpha value is -1.64. The number of aryl methyl sites for hydroxylation is 1. The van der Waals surface area contributed by atoms with Gasteiger partial charge in [0.1, 0.15) is 0 Å². The average Bonchev–Trinajstić information content (AvgIpc) is 3.09.